The summed E-state index contributed by atoms with van der Waals surface area (Å²) in [5, 5.41) is 8.97. The number of hydrogen-bond donors (Lipinski definition) is 1. The number of ether oxygens (including phenoxy) is 1. The van der Waals surface area contributed by atoms with Gasteiger partial charge in [-0.25, -0.2) is 13.1 Å². The van der Waals surface area contributed by atoms with Crippen LogP contribution in [0.3, 0.4) is 0 Å². The lowest BCUT2D eigenvalue weighted by Crippen LogP contribution is -2.41. The molecule has 1 fully saturated rings. The molecule has 0 bridgehead atoms. The van der Waals surface area contributed by atoms with Gasteiger partial charge in [-0.05, 0) is 31.9 Å². The SMILES string of the molecule is CC1CC(NS(=O)(=O)c2ccccc2C#N)CCO1. The average molecular weight is 280 g/mol. The maximum absolute atomic E-state index is 12.3. The van der Waals surface area contributed by atoms with Crippen LogP contribution in [-0.2, 0) is 14.8 Å². The second kappa shape index (κ2) is 5.70. The molecule has 2 atom stereocenters. The van der Waals surface area contributed by atoms with Crippen LogP contribution in [-0.4, -0.2) is 27.2 Å². The maximum atomic E-state index is 12.3. The molecule has 1 aromatic rings. The van der Waals surface area contributed by atoms with Gasteiger partial charge in [0, 0.05) is 12.6 Å². The lowest BCUT2D eigenvalue weighted by atomic mass is 10.1. The second-order valence-electron chi connectivity index (χ2n) is 4.63. The molecule has 1 aromatic carbocycles. The third-order valence-corrected chi connectivity index (χ3v) is 4.68. The highest BCUT2D eigenvalue weighted by atomic mass is 32.2. The third kappa shape index (κ3) is 3.32. The summed E-state index contributed by atoms with van der Waals surface area (Å²) in [4.78, 5) is 0.0386. The van der Waals surface area contributed by atoms with E-state index in [-0.39, 0.29) is 22.6 Å². The molecule has 2 rings (SSSR count). The Kier molecular flexibility index (Phi) is 4.20. The number of hydrogen-bond acceptors (Lipinski definition) is 4. The number of nitrogens with one attached hydrogen (secondary N) is 1. The Labute approximate surface area is 113 Å². The number of rotatable bonds is 3. The molecule has 19 heavy (non-hydrogen) atoms. The molecule has 2 unspecified atom stereocenters. The van der Waals surface area contributed by atoms with Crippen LogP contribution in [0.25, 0.3) is 0 Å². The molecule has 0 radical (unpaired) electrons. The fourth-order valence-corrected chi connectivity index (χ4v) is 3.62. The highest BCUT2D eigenvalue weighted by Crippen LogP contribution is 2.19. The lowest BCUT2D eigenvalue weighted by Gasteiger charge is -2.27. The van der Waals surface area contributed by atoms with Crippen molar-refractivity contribution in [1.82, 2.24) is 4.72 Å². The van der Waals surface area contributed by atoms with Crippen LogP contribution in [0.4, 0.5) is 0 Å². The van der Waals surface area contributed by atoms with E-state index >= 15 is 0 Å². The molecule has 1 aliphatic heterocycles. The minimum atomic E-state index is -3.65. The van der Waals surface area contributed by atoms with Gasteiger partial charge < -0.3 is 4.74 Å². The van der Waals surface area contributed by atoms with Gasteiger partial charge in [0.1, 0.15) is 6.07 Å². The Morgan fingerprint density at radius 3 is 2.84 bits per heavy atom. The summed E-state index contributed by atoms with van der Waals surface area (Å²) < 4.78 is 32.6. The van der Waals surface area contributed by atoms with Crippen molar-refractivity contribution >= 4 is 10.0 Å². The molecule has 5 nitrogen and oxygen atoms in total. The molecular weight excluding hydrogens is 264 g/mol. The second-order valence-corrected chi connectivity index (χ2v) is 6.31. The molecule has 6 heteroatoms. The number of nitriles is 1. The quantitative estimate of drug-likeness (QED) is 0.907. The first kappa shape index (κ1) is 14.0. The number of nitrogens with zero attached hydrogens (tertiary/aromatic N) is 1. The average Bonchev–Trinajstić information content (AvgIpc) is 2.38. The van der Waals surface area contributed by atoms with Crippen molar-refractivity contribution < 1.29 is 13.2 Å². The van der Waals surface area contributed by atoms with Gasteiger partial charge in [0.25, 0.3) is 0 Å². The number of benzene rings is 1. The van der Waals surface area contributed by atoms with Crippen LogP contribution >= 0.6 is 0 Å². The Bertz CT molecular complexity index is 592. The molecule has 0 saturated carbocycles. The van der Waals surface area contributed by atoms with E-state index < -0.39 is 10.0 Å². The van der Waals surface area contributed by atoms with Crippen LogP contribution in [0.1, 0.15) is 25.3 Å². The van der Waals surface area contributed by atoms with E-state index in [1.54, 1.807) is 12.1 Å². The topological polar surface area (TPSA) is 79.2 Å². The highest BCUT2D eigenvalue weighted by molar-refractivity contribution is 7.89. The van der Waals surface area contributed by atoms with Crippen molar-refractivity contribution in [3.8, 4) is 6.07 Å². The highest BCUT2D eigenvalue weighted by Gasteiger charge is 2.26. The first-order valence-corrected chi connectivity index (χ1v) is 7.64. The Morgan fingerprint density at radius 2 is 2.16 bits per heavy atom. The van der Waals surface area contributed by atoms with Gasteiger partial charge in [0.2, 0.25) is 10.0 Å². The van der Waals surface area contributed by atoms with Gasteiger partial charge in [-0.3, -0.25) is 0 Å². The summed E-state index contributed by atoms with van der Waals surface area (Å²) in [7, 11) is -3.65. The van der Waals surface area contributed by atoms with Gasteiger partial charge in [-0.2, -0.15) is 5.26 Å². The maximum Gasteiger partial charge on any atom is 0.242 e. The molecule has 1 aliphatic rings. The van der Waals surface area contributed by atoms with Crippen molar-refractivity contribution in [2.45, 2.75) is 36.8 Å². The normalized spacial score (nSPS) is 23.8. The summed E-state index contributed by atoms with van der Waals surface area (Å²) in [5.41, 5.74) is 0.162. The van der Waals surface area contributed by atoms with E-state index in [0.29, 0.717) is 19.4 Å². The zero-order valence-corrected chi connectivity index (χ0v) is 11.5. The summed E-state index contributed by atoms with van der Waals surface area (Å²) in [6.45, 7) is 2.47. The zero-order valence-electron chi connectivity index (χ0n) is 10.7. The van der Waals surface area contributed by atoms with Gasteiger partial charge in [-0.15, -0.1) is 0 Å². The molecule has 1 heterocycles. The summed E-state index contributed by atoms with van der Waals surface area (Å²) >= 11 is 0. The molecule has 0 aromatic heterocycles. The van der Waals surface area contributed by atoms with Crippen LogP contribution in [0, 0.1) is 11.3 Å². The standard InChI is InChI=1S/C13H16N2O3S/c1-10-8-12(6-7-18-10)15-19(16,17)13-5-3-2-4-11(13)9-14/h2-5,10,12,15H,6-8H2,1H3. The lowest BCUT2D eigenvalue weighted by molar-refractivity contribution is 0.0173. The van der Waals surface area contributed by atoms with E-state index in [2.05, 4.69) is 4.72 Å². The zero-order chi connectivity index (χ0) is 13.9. The fraction of sp³-hybridized carbons (Fsp3) is 0.462. The third-order valence-electron chi connectivity index (χ3n) is 3.10. The van der Waals surface area contributed by atoms with E-state index in [1.807, 2.05) is 13.0 Å². The van der Waals surface area contributed by atoms with Crippen molar-refractivity contribution in [3.05, 3.63) is 29.8 Å². The van der Waals surface area contributed by atoms with Crippen molar-refractivity contribution in [3.63, 3.8) is 0 Å². The minimum Gasteiger partial charge on any atom is -0.378 e. The molecule has 0 aliphatic carbocycles. The smallest absolute Gasteiger partial charge is 0.242 e. The molecule has 1 N–H and O–H groups in total. The van der Waals surface area contributed by atoms with E-state index in [1.165, 1.54) is 12.1 Å². The van der Waals surface area contributed by atoms with Crippen molar-refractivity contribution in [2.24, 2.45) is 0 Å². The summed E-state index contributed by atoms with van der Waals surface area (Å²) in [5.74, 6) is 0. The summed E-state index contributed by atoms with van der Waals surface area (Å²) in [6.07, 6.45) is 1.35. The minimum absolute atomic E-state index is 0.0386. The van der Waals surface area contributed by atoms with Crippen LogP contribution in [0.5, 0.6) is 0 Å². The van der Waals surface area contributed by atoms with Crippen molar-refractivity contribution in [2.75, 3.05) is 6.61 Å². The summed E-state index contributed by atoms with van der Waals surface area (Å²) in [6, 6.07) is 7.97. The molecule has 1 saturated heterocycles. The molecular formula is C13H16N2O3S. The number of sulfonamides is 1. The fourth-order valence-electron chi connectivity index (χ4n) is 2.18. The van der Waals surface area contributed by atoms with Gasteiger partial charge in [-0.1, -0.05) is 12.1 Å². The molecule has 102 valence electrons. The predicted octanol–water partition coefficient (Wildman–Crippen LogP) is 1.40. The van der Waals surface area contributed by atoms with Gasteiger partial charge in [0.05, 0.1) is 16.6 Å². The monoisotopic (exact) mass is 280 g/mol. The van der Waals surface area contributed by atoms with E-state index in [0.717, 1.165) is 0 Å². The van der Waals surface area contributed by atoms with Crippen LogP contribution in [0.15, 0.2) is 29.2 Å². The Balaban J connectivity index is 2.21. The first-order chi connectivity index (χ1) is 9.03. The van der Waals surface area contributed by atoms with Crippen LogP contribution < -0.4 is 4.72 Å². The Hall–Kier alpha value is -1.42. The largest absolute Gasteiger partial charge is 0.378 e. The van der Waals surface area contributed by atoms with Gasteiger partial charge >= 0.3 is 0 Å². The van der Waals surface area contributed by atoms with E-state index in [4.69, 9.17) is 10.00 Å². The van der Waals surface area contributed by atoms with Crippen LogP contribution in [0.2, 0.25) is 0 Å². The predicted molar refractivity (Wildman–Crippen MR) is 69.9 cm³/mol. The van der Waals surface area contributed by atoms with Crippen molar-refractivity contribution in [1.29, 1.82) is 5.26 Å². The Morgan fingerprint density at radius 1 is 1.42 bits per heavy atom. The molecule has 0 spiro atoms. The first-order valence-electron chi connectivity index (χ1n) is 6.16. The van der Waals surface area contributed by atoms with Gasteiger partial charge in [0.15, 0.2) is 0 Å². The van der Waals surface area contributed by atoms with E-state index in [9.17, 15) is 8.42 Å². The molecule has 0 amide bonds.